The first-order valence-electron chi connectivity index (χ1n) is 5.64. The van der Waals surface area contributed by atoms with E-state index in [1.165, 1.54) is 0 Å². The molecule has 19 heavy (non-hydrogen) atoms. The summed E-state index contributed by atoms with van der Waals surface area (Å²) in [6.07, 6.45) is 0. The first kappa shape index (κ1) is 31.9. The summed E-state index contributed by atoms with van der Waals surface area (Å²) in [5, 5.41) is 0. The molecule has 0 aliphatic carbocycles. The Hall–Kier alpha value is 0.708. The maximum Gasteiger partial charge on any atom is 0.320 e. The van der Waals surface area contributed by atoms with Crippen molar-refractivity contribution in [2.45, 2.75) is 74.7 Å². The van der Waals surface area contributed by atoms with Gasteiger partial charge in [0, 0.05) is 0 Å². The highest BCUT2D eigenvalue weighted by Crippen LogP contribution is 2.07. The molecule has 0 aromatic heterocycles. The topological polar surface area (TPSA) is 58.9 Å². The summed E-state index contributed by atoms with van der Waals surface area (Å²) >= 11 is 0. The van der Waals surface area contributed by atoms with Crippen molar-refractivity contribution in [2.24, 2.45) is 0 Å². The molecule has 0 fully saturated rings. The molecule has 0 aromatic carbocycles. The molecular weight excluding hydrogens is 308 g/mol. The molecule has 4 nitrogen and oxygen atoms in total. The van der Waals surface area contributed by atoms with Crippen LogP contribution in [0.2, 0.25) is 52.4 Å². The summed E-state index contributed by atoms with van der Waals surface area (Å²) in [5.74, 6) is 0. The third-order valence-corrected chi connectivity index (χ3v) is 9.39. The second-order valence-electron chi connectivity index (χ2n) is 5.23. The van der Waals surface area contributed by atoms with Crippen molar-refractivity contribution in [2.75, 3.05) is 0 Å². The van der Waals surface area contributed by atoms with E-state index in [9.17, 15) is 0 Å². The van der Waals surface area contributed by atoms with E-state index in [1.807, 2.05) is 0 Å². The van der Waals surface area contributed by atoms with Crippen LogP contribution < -0.4 is 0 Å². The third kappa shape index (κ3) is 45.5. The van der Waals surface area contributed by atoms with Gasteiger partial charge in [0.15, 0.2) is 18.1 Å². The van der Waals surface area contributed by atoms with Crippen LogP contribution >= 0.6 is 0 Å². The molecule has 0 amide bonds. The van der Waals surface area contributed by atoms with Crippen LogP contribution in [0.25, 0.3) is 0 Å². The highest BCUT2D eigenvalue weighted by molar-refractivity contribution is 6.77. The fraction of sp³-hybridized carbons (Fsp3) is 1.00. The van der Waals surface area contributed by atoms with Crippen molar-refractivity contribution in [1.82, 2.24) is 0 Å². The van der Waals surface area contributed by atoms with Crippen LogP contribution in [0.15, 0.2) is 0 Å². The predicted octanol–water partition coefficient (Wildman–Crippen LogP) is 3.27. The van der Waals surface area contributed by atoms with Crippen molar-refractivity contribution in [3.63, 3.8) is 0 Å². The minimum absolute atomic E-state index is 0. The zero-order chi connectivity index (χ0) is 13.6. The van der Waals surface area contributed by atoms with Crippen molar-refractivity contribution >= 4 is 35.2 Å². The molecule has 0 unspecified atom stereocenters. The van der Waals surface area contributed by atoms with Crippen LogP contribution in [-0.2, 0) is 8.23 Å². The first-order valence-corrected chi connectivity index (χ1v) is 16.9. The average molecular weight is 349 g/mol. The Balaban J connectivity index is -0.0000000607. The third-order valence-electron chi connectivity index (χ3n) is 1.04. The highest BCUT2D eigenvalue weighted by Gasteiger charge is 2.30. The lowest BCUT2D eigenvalue weighted by molar-refractivity contribution is 0.322. The van der Waals surface area contributed by atoms with Gasteiger partial charge in [0.2, 0.25) is 0 Å². The molecule has 0 aliphatic heterocycles. The van der Waals surface area contributed by atoms with Gasteiger partial charge in [-0.1, -0.05) is 22.3 Å². The van der Waals surface area contributed by atoms with Gasteiger partial charge in [0.25, 0.3) is 0 Å². The molecule has 0 spiro atoms. The minimum atomic E-state index is -2.48. The maximum atomic E-state index is 9.14. The van der Waals surface area contributed by atoms with Crippen LogP contribution in [0.3, 0.4) is 0 Å². The van der Waals surface area contributed by atoms with E-state index in [4.69, 9.17) is 17.8 Å². The largest absolute Gasteiger partial charge is 0.461 e. The van der Waals surface area contributed by atoms with E-state index in [0.717, 1.165) is 0 Å². The van der Waals surface area contributed by atoms with Crippen molar-refractivity contribution in [3.8, 4) is 0 Å². The Morgan fingerprint density at radius 1 is 0.684 bits per heavy atom. The fourth-order valence-corrected chi connectivity index (χ4v) is 10.4. The van der Waals surface area contributed by atoms with Crippen LogP contribution in [0.1, 0.15) is 22.3 Å². The fourth-order valence-electron chi connectivity index (χ4n) is 1.16. The van der Waals surface area contributed by atoms with E-state index in [1.54, 1.807) is 26.2 Å². The van der Waals surface area contributed by atoms with Crippen LogP contribution in [0.5, 0.6) is 0 Å². The Morgan fingerprint density at radius 2 is 0.895 bits per heavy atom. The van der Waals surface area contributed by atoms with Crippen molar-refractivity contribution in [3.05, 3.63) is 0 Å². The van der Waals surface area contributed by atoms with Crippen LogP contribution in [0, 0.1) is 0 Å². The Kier molecular flexibility index (Phi) is 23.0. The molecular formula is C11H40O4Si4. The zero-order valence-electron chi connectivity index (χ0n) is 11.9. The summed E-state index contributed by atoms with van der Waals surface area (Å²) in [4.78, 5) is 18.3. The van der Waals surface area contributed by atoms with E-state index < -0.39 is 35.2 Å². The van der Waals surface area contributed by atoms with Gasteiger partial charge in [-0.15, -0.1) is 0 Å². The van der Waals surface area contributed by atoms with E-state index >= 15 is 0 Å². The second kappa shape index (κ2) is 13.7. The SMILES string of the molecule is C.C.C.C[SiH](C)O[SiH](C)C.C[Si](C)(O)O[Si](C)(C)O. The summed E-state index contributed by atoms with van der Waals surface area (Å²) in [5.41, 5.74) is 0. The molecule has 8 heteroatoms. The molecule has 0 saturated carbocycles. The minimum Gasteiger partial charge on any atom is -0.461 e. The molecule has 0 aliphatic rings. The standard InChI is InChI=1S/C4H14O3Si2.C4H14OSi2.3CH4/c1-8(2,5)7-9(3,4)6;1-6(2)5-7(3)4;;;/h5-6H,1-4H3;6-7H,1-4H3;3*1H4. The van der Waals surface area contributed by atoms with Crippen molar-refractivity contribution in [1.29, 1.82) is 0 Å². The molecule has 124 valence electrons. The van der Waals surface area contributed by atoms with E-state index in [-0.39, 0.29) is 22.3 Å². The second-order valence-corrected chi connectivity index (χ2v) is 17.1. The lowest BCUT2D eigenvalue weighted by Crippen LogP contribution is -2.44. The Morgan fingerprint density at radius 3 is 0.895 bits per heavy atom. The monoisotopic (exact) mass is 348 g/mol. The summed E-state index contributed by atoms with van der Waals surface area (Å²) in [6, 6.07) is 0. The summed E-state index contributed by atoms with van der Waals surface area (Å²) < 4.78 is 10.5. The Bertz CT molecular complexity index is 159. The van der Waals surface area contributed by atoms with E-state index in [0.29, 0.717) is 0 Å². The first-order chi connectivity index (χ1) is 6.83. The van der Waals surface area contributed by atoms with Gasteiger partial charge in [0.05, 0.1) is 0 Å². The molecule has 0 radical (unpaired) electrons. The van der Waals surface area contributed by atoms with Gasteiger partial charge < -0.3 is 17.8 Å². The van der Waals surface area contributed by atoms with Crippen molar-refractivity contribution < 1.29 is 17.8 Å². The molecule has 0 atom stereocenters. The van der Waals surface area contributed by atoms with Gasteiger partial charge >= 0.3 is 17.1 Å². The normalized spacial score (nSPS) is 10.7. The van der Waals surface area contributed by atoms with E-state index in [2.05, 4.69) is 26.2 Å². The van der Waals surface area contributed by atoms with Gasteiger partial charge in [-0.05, 0) is 52.4 Å². The summed E-state index contributed by atoms with van der Waals surface area (Å²) in [6.45, 7) is 15.4. The average Bonchev–Trinajstić information content (AvgIpc) is 1.72. The predicted molar refractivity (Wildman–Crippen MR) is 99.5 cm³/mol. The van der Waals surface area contributed by atoms with Gasteiger partial charge in [-0.3, -0.25) is 0 Å². The van der Waals surface area contributed by atoms with Crippen LogP contribution in [0.4, 0.5) is 0 Å². The maximum absolute atomic E-state index is 9.14. The number of rotatable bonds is 4. The molecule has 0 aromatic rings. The van der Waals surface area contributed by atoms with Gasteiger partial charge in [-0.2, -0.15) is 0 Å². The molecule has 0 heterocycles. The molecule has 0 rings (SSSR count). The van der Waals surface area contributed by atoms with Crippen LogP contribution in [-0.4, -0.2) is 44.8 Å². The lowest BCUT2D eigenvalue weighted by atomic mass is 11.9. The molecule has 2 N–H and O–H groups in total. The quantitative estimate of drug-likeness (QED) is 0.766. The summed E-state index contributed by atoms with van der Waals surface area (Å²) in [7, 11) is -6.30. The number of hydrogen-bond donors (Lipinski definition) is 2. The van der Waals surface area contributed by atoms with Gasteiger partial charge in [-0.25, -0.2) is 0 Å². The molecule has 0 bridgehead atoms. The lowest BCUT2D eigenvalue weighted by Gasteiger charge is -2.23. The molecule has 0 saturated heterocycles. The smallest absolute Gasteiger partial charge is 0.320 e. The highest BCUT2D eigenvalue weighted by atomic mass is 28.5. The Labute approximate surface area is 128 Å². The number of hydrogen-bond acceptors (Lipinski definition) is 4. The van der Waals surface area contributed by atoms with Gasteiger partial charge in [0.1, 0.15) is 0 Å². The zero-order valence-corrected chi connectivity index (χ0v) is 16.2.